The molecule has 0 aliphatic carbocycles. The highest BCUT2D eigenvalue weighted by molar-refractivity contribution is 6.06. The van der Waals surface area contributed by atoms with Crippen molar-refractivity contribution < 1.29 is 9.53 Å². The fraction of sp³-hybridized carbons (Fsp3) is 0.0400. The van der Waals surface area contributed by atoms with E-state index in [1.807, 2.05) is 36.4 Å². The van der Waals surface area contributed by atoms with E-state index in [4.69, 9.17) is 4.74 Å². The Hall–Kier alpha value is -5.32. The van der Waals surface area contributed by atoms with E-state index in [0.29, 0.717) is 28.8 Å². The summed E-state index contributed by atoms with van der Waals surface area (Å²) in [7, 11) is 1.50. The van der Waals surface area contributed by atoms with E-state index >= 15 is 0 Å². The number of aromatic amines is 2. The molecule has 0 aliphatic rings. The normalized spacial score (nSPS) is 11.0. The second kappa shape index (κ2) is 8.80. The summed E-state index contributed by atoms with van der Waals surface area (Å²) in [6, 6.07) is 15.2. The van der Waals surface area contributed by atoms with Crippen molar-refractivity contribution >= 4 is 44.9 Å². The molecule has 0 bridgehead atoms. The molecule has 4 heterocycles. The summed E-state index contributed by atoms with van der Waals surface area (Å²) in [5.41, 5.74) is 4.28. The molecule has 0 fully saturated rings. The van der Waals surface area contributed by atoms with Crippen LogP contribution in [0.5, 0.6) is 5.75 Å². The van der Waals surface area contributed by atoms with E-state index in [2.05, 4.69) is 46.0 Å². The number of carbonyl (C=O) groups excluding carboxylic acids is 1. The van der Waals surface area contributed by atoms with Crippen LogP contribution < -0.4 is 15.4 Å². The highest BCUT2D eigenvalue weighted by atomic mass is 16.5. The van der Waals surface area contributed by atoms with Gasteiger partial charge in [-0.2, -0.15) is 15.3 Å². The molecule has 0 radical (unpaired) electrons. The monoisotopic (exact) mass is 477 g/mol. The lowest BCUT2D eigenvalue weighted by Crippen LogP contribution is -2.13. The van der Waals surface area contributed by atoms with Crippen LogP contribution in [-0.2, 0) is 0 Å². The van der Waals surface area contributed by atoms with Gasteiger partial charge in [-0.1, -0.05) is 12.1 Å². The molecular weight excluding hydrogens is 458 g/mol. The summed E-state index contributed by atoms with van der Waals surface area (Å²) >= 11 is 0. The third kappa shape index (κ3) is 4.05. The van der Waals surface area contributed by atoms with Crippen molar-refractivity contribution in [2.45, 2.75) is 0 Å². The molecule has 6 rings (SSSR count). The first-order valence-electron chi connectivity index (χ1n) is 11.0. The minimum absolute atomic E-state index is 0.323. The predicted molar refractivity (Wildman–Crippen MR) is 135 cm³/mol. The number of anilines is 3. The second-order valence-corrected chi connectivity index (χ2v) is 7.97. The van der Waals surface area contributed by atoms with Crippen LogP contribution in [0.15, 0.2) is 73.3 Å². The zero-order valence-corrected chi connectivity index (χ0v) is 19.0. The zero-order chi connectivity index (χ0) is 24.5. The van der Waals surface area contributed by atoms with Crippen LogP contribution in [0.1, 0.15) is 10.5 Å². The van der Waals surface area contributed by atoms with Crippen LogP contribution >= 0.6 is 0 Å². The molecule has 36 heavy (non-hydrogen) atoms. The van der Waals surface area contributed by atoms with Gasteiger partial charge in [-0.05, 0) is 36.4 Å². The number of methoxy groups -OCH3 is 1. The van der Waals surface area contributed by atoms with Crippen LogP contribution in [-0.4, -0.2) is 48.4 Å². The van der Waals surface area contributed by atoms with Gasteiger partial charge in [0.2, 0.25) is 0 Å². The highest BCUT2D eigenvalue weighted by Crippen LogP contribution is 2.26. The standard InChI is InChI=1S/C25H19N9O2/c1-36-22-13-28-27-12-21(22)32-25(35)20-9-14-2-3-15(10-19(14)31-20)24-26-7-6-23(33-24)30-17-4-5-18-16(8-17)11-29-34-18/h2-13,31H,1H3,(H,29,34)(H,26,30,33)(H,28,32,35). The number of nitrogens with zero attached hydrogens (tertiary/aromatic N) is 5. The fourth-order valence-electron chi connectivity index (χ4n) is 3.88. The number of hydrogen-bond donors (Lipinski definition) is 4. The first kappa shape index (κ1) is 21.2. The molecule has 0 saturated heterocycles. The van der Waals surface area contributed by atoms with Crippen molar-refractivity contribution in [3.63, 3.8) is 0 Å². The molecule has 0 atom stereocenters. The summed E-state index contributed by atoms with van der Waals surface area (Å²) in [6.45, 7) is 0. The Morgan fingerprint density at radius 1 is 0.944 bits per heavy atom. The minimum Gasteiger partial charge on any atom is -0.493 e. The Bertz CT molecular complexity index is 1720. The lowest BCUT2D eigenvalue weighted by molar-refractivity contribution is 0.102. The maximum atomic E-state index is 12.8. The number of H-pyrrole nitrogens is 2. The van der Waals surface area contributed by atoms with Gasteiger partial charge >= 0.3 is 0 Å². The first-order chi connectivity index (χ1) is 17.7. The highest BCUT2D eigenvalue weighted by Gasteiger charge is 2.14. The van der Waals surface area contributed by atoms with Crippen LogP contribution in [0.3, 0.4) is 0 Å². The SMILES string of the molecule is COc1cnncc1NC(=O)c1cc2ccc(-c3nccc(Nc4ccc5[nH]ncc5c4)n3)cc2[nH]1. The summed E-state index contributed by atoms with van der Waals surface area (Å²) in [6.07, 6.45) is 6.35. The Morgan fingerprint density at radius 2 is 1.86 bits per heavy atom. The molecule has 4 N–H and O–H groups in total. The van der Waals surface area contributed by atoms with Crippen molar-refractivity contribution in [2.24, 2.45) is 0 Å². The summed E-state index contributed by atoms with van der Waals surface area (Å²) in [5.74, 6) is 1.32. The fourth-order valence-corrected chi connectivity index (χ4v) is 3.88. The smallest absolute Gasteiger partial charge is 0.272 e. The lowest BCUT2D eigenvalue weighted by atomic mass is 10.1. The number of fused-ring (bicyclic) bond motifs is 2. The molecule has 0 unspecified atom stereocenters. The Balaban J connectivity index is 1.25. The maximum absolute atomic E-state index is 12.8. The maximum Gasteiger partial charge on any atom is 0.272 e. The largest absolute Gasteiger partial charge is 0.493 e. The Morgan fingerprint density at radius 3 is 2.78 bits per heavy atom. The van der Waals surface area contributed by atoms with Crippen LogP contribution in [0.25, 0.3) is 33.2 Å². The Labute approximate surface area is 204 Å². The van der Waals surface area contributed by atoms with Crippen molar-refractivity contribution in [3.8, 4) is 17.1 Å². The van der Waals surface area contributed by atoms with Crippen molar-refractivity contribution in [3.05, 3.63) is 79.0 Å². The molecule has 6 aromatic rings. The quantitative estimate of drug-likeness (QED) is 0.278. The van der Waals surface area contributed by atoms with Gasteiger partial charge in [-0.3, -0.25) is 9.89 Å². The van der Waals surface area contributed by atoms with Crippen LogP contribution in [0.2, 0.25) is 0 Å². The summed E-state index contributed by atoms with van der Waals surface area (Å²) in [4.78, 5) is 25.1. The summed E-state index contributed by atoms with van der Waals surface area (Å²) < 4.78 is 5.22. The number of ether oxygens (including phenoxy) is 1. The number of hydrogen-bond acceptors (Lipinski definition) is 8. The van der Waals surface area contributed by atoms with Crippen LogP contribution in [0.4, 0.5) is 17.2 Å². The van der Waals surface area contributed by atoms with Gasteiger partial charge in [0.25, 0.3) is 5.91 Å². The number of benzene rings is 2. The van der Waals surface area contributed by atoms with Crippen LogP contribution in [0, 0.1) is 0 Å². The van der Waals surface area contributed by atoms with Gasteiger partial charge in [-0.15, -0.1) is 0 Å². The first-order valence-corrected chi connectivity index (χ1v) is 11.0. The molecule has 176 valence electrons. The number of carbonyl (C=O) groups is 1. The molecule has 11 nitrogen and oxygen atoms in total. The molecule has 1 amide bonds. The third-order valence-electron chi connectivity index (χ3n) is 5.66. The average Bonchev–Trinajstić information content (AvgIpc) is 3.55. The van der Waals surface area contributed by atoms with E-state index < -0.39 is 0 Å². The predicted octanol–water partition coefficient (Wildman–Crippen LogP) is 4.30. The van der Waals surface area contributed by atoms with Crippen molar-refractivity contribution in [1.82, 2.24) is 35.3 Å². The zero-order valence-electron chi connectivity index (χ0n) is 19.0. The van der Waals surface area contributed by atoms with Gasteiger partial charge in [-0.25, -0.2) is 9.97 Å². The van der Waals surface area contributed by atoms with Gasteiger partial charge in [0.15, 0.2) is 11.6 Å². The summed E-state index contributed by atoms with van der Waals surface area (Å²) in [5, 5.41) is 22.5. The topological polar surface area (TPSA) is 146 Å². The van der Waals surface area contributed by atoms with Gasteiger partial charge in [0.05, 0.1) is 31.2 Å². The molecule has 2 aromatic carbocycles. The molecule has 0 aliphatic heterocycles. The van der Waals surface area contributed by atoms with Gasteiger partial charge < -0.3 is 20.4 Å². The number of rotatable bonds is 6. The minimum atomic E-state index is -0.323. The van der Waals surface area contributed by atoms with E-state index in [1.54, 1.807) is 24.5 Å². The Kier molecular flexibility index (Phi) is 5.19. The second-order valence-electron chi connectivity index (χ2n) is 7.97. The van der Waals surface area contributed by atoms with Gasteiger partial charge in [0.1, 0.15) is 17.2 Å². The van der Waals surface area contributed by atoms with Crippen molar-refractivity contribution in [2.75, 3.05) is 17.7 Å². The van der Waals surface area contributed by atoms with E-state index in [1.165, 1.54) is 19.5 Å². The van der Waals surface area contributed by atoms with E-state index in [9.17, 15) is 4.79 Å². The average molecular weight is 477 g/mol. The number of aromatic nitrogens is 7. The lowest BCUT2D eigenvalue weighted by Gasteiger charge is -2.07. The molecule has 0 saturated carbocycles. The van der Waals surface area contributed by atoms with E-state index in [-0.39, 0.29) is 5.91 Å². The molecular formula is C25H19N9O2. The molecule has 11 heteroatoms. The van der Waals surface area contributed by atoms with Crippen molar-refractivity contribution in [1.29, 1.82) is 0 Å². The van der Waals surface area contributed by atoms with Gasteiger partial charge in [0, 0.05) is 33.7 Å². The molecule has 4 aromatic heterocycles. The van der Waals surface area contributed by atoms with E-state index in [0.717, 1.165) is 33.1 Å². The number of amides is 1. The molecule has 0 spiro atoms. The third-order valence-corrected chi connectivity index (χ3v) is 5.66. The number of nitrogens with one attached hydrogen (secondary N) is 4.